The van der Waals surface area contributed by atoms with E-state index >= 15 is 0 Å². The molecular formula is C18H21ClN4O2. The molecule has 1 heterocycles. The Morgan fingerprint density at radius 1 is 1.36 bits per heavy atom. The van der Waals surface area contributed by atoms with Crippen LogP contribution in [-0.4, -0.2) is 27.6 Å². The summed E-state index contributed by atoms with van der Waals surface area (Å²) in [5, 5.41) is 10.4. The zero-order valence-electron chi connectivity index (χ0n) is 14.3. The van der Waals surface area contributed by atoms with E-state index in [-0.39, 0.29) is 17.9 Å². The average Bonchev–Trinajstić information content (AvgIpc) is 2.97. The topological polar surface area (TPSA) is 76.0 Å². The van der Waals surface area contributed by atoms with Crippen LogP contribution in [0.25, 0.3) is 0 Å². The van der Waals surface area contributed by atoms with Gasteiger partial charge in [-0.15, -0.1) is 0 Å². The Kier molecular flexibility index (Phi) is 5.08. The van der Waals surface area contributed by atoms with Gasteiger partial charge in [0.2, 0.25) is 5.91 Å². The number of hydrogen-bond donors (Lipinski definition) is 2. The molecule has 132 valence electrons. The molecule has 6 nitrogen and oxygen atoms in total. The van der Waals surface area contributed by atoms with Crippen LogP contribution >= 0.6 is 11.6 Å². The summed E-state index contributed by atoms with van der Waals surface area (Å²) >= 11 is 6.03. The first-order valence-corrected chi connectivity index (χ1v) is 8.71. The Labute approximate surface area is 151 Å². The average molecular weight is 361 g/mol. The van der Waals surface area contributed by atoms with E-state index in [4.69, 9.17) is 11.6 Å². The third-order valence-corrected chi connectivity index (χ3v) is 4.88. The van der Waals surface area contributed by atoms with Gasteiger partial charge in [-0.3, -0.25) is 14.3 Å². The lowest BCUT2D eigenvalue weighted by atomic mass is 9.93. The molecule has 0 saturated carbocycles. The summed E-state index contributed by atoms with van der Waals surface area (Å²) in [6.45, 7) is 1.66. The monoisotopic (exact) mass is 360 g/mol. The van der Waals surface area contributed by atoms with Crippen molar-refractivity contribution in [3.8, 4) is 0 Å². The predicted octanol–water partition coefficient (Wildman–Crippen LogP) is 2.39. The summed E-state index contributed by atoms with van der Waals surface area (Å²) in [5.74, 6) is -0.582. The van der Waals surface area contributed by atoms with Crippen molar-refractivity contribution in [3.05, 3.63) is 52.3 Å². The highest BCUT2D eigenvalue weighted by Gasteiger charge is 2.27. The van der Waals surface area contributed by atoms with Crippen molar-refractivity contribution < 1.29 is 9.59 Å². The molecule has 0 bridgehead atoms. The van der Waals surface area contributed by atoms with Gasteiger partial charge in [-0.25, -0.2) is 0 Å². The fourth-order valence-corrected chi connectivity index (χ4v) is 3.36. The Bertz CT molecular complexity index is 802. The molecular weight excluding hydrogens is 340 g/mol. The quantitative estimate of drug-likeness (QED) is 0.879. The molecule has 3 rings (SSSR count). The maximum atomic E-state index is 12.5. The number of nitrogens with zero attached hydrogens (tertiary/aromatic N) is 2. The number of nitrogens with one attached hydrogen (secondary N) is 2. The minimum atomic E-state index is -0.661. The molecule has 0 aliphatic heterocycles. The summed E-state index contributed by atoms with van der Waals surface area (Å²) in [5.41, 5.74) is 2.58. The van der Waals surface area contributed by atoms with Crippen LogP contribution in [0, 0.1) is 0 Å². The number of carbonyl (C=O) groups excluding carboxylic acids is 2. The van der Waals surface area contributed by atoms with Gasteiger partial charge in [-0.05, 0) is 38.3 Å². The lowest BCUT2D eigenvalue weighted by molar-refractivity contribution is -0.123. The molecule has 2 aromatic rings. The first-order valence-electron chi connectivity index (χ1n) is 8.34. The maximum absolute atomic E-state index is 12.5. The number of carbonyl (C=O) groups is 2. The normalized spacial score (nSPS) is 17.5. The van der Waals surface area contributed by atoms with Crippen LogP contribution in [0.2, 0.25) is 5.02 Å². The summed E-state index contributed by atoms with van der Waals surface area (Å²) in [6, 6.07) is 6.04. The highest BCUT2D eigenvalue weighted by atomic mass is 35.5. The number of aryl methyl sites for hydroxylation is 1. The van der Waals surface area contributed by atoms with E-state index in [1.54, 1.807) is 31.2 Å². The molecule has 0 fully saturated rings. The van der Waals surface area contributed by atoms with Crippen molar-refractivity contribution in [2.75, 3.05) is 0 Å². The molecule has 1 aromatic heterocycles. The summed E-state index contributed by atoms with van der Waals surface area (Å²) in [6.07, 6.45) is 4.65. The molecule has 7 heteroatoms. The standard InChI is InChI=1S/C18H21ClN4O2/c1-11(21-18(25)12-6-3-4-7-14(12)19)17(24)22-15-8-5-9-16-13(15)10-20-23(16)2/h3-4,6-7,10-11,15H,5,8-9H2,1-2H3,(H,21,25)(H,22,24). The van der Waals surface area contributed by atoms with Crippen molar-refractivity contribution >= 4 is 23.4 Å². The molecule has 0 saturated heterocycles. The van der Waals surface area contributed by atoms with Gasteiger partial charge in [0.1, 0.15) is 6.04 Å². The summed E-state index contributed by atoms with van der Waals surface area (Å²) in [7, 11) is 1.91. The highest BCUT2D eigenvalue weighted by molar-refractivity contribution is 6.33. The largest absolute Gasteiger partial charge is 0.347 e. The van der Waals surface area contributed by atoms with Crippen molar-refractivity contribution in [2.45, 2.75) is 38.3 Å². The molecule has 1 aromatic carbocycles. The van der Waals surface area contributed by atoms with Crippen LogP contribution in [0.5, 0.6) is 0 Å². The van der Waals surface area contributed by atoms with Gasteiger partial charge in [0.15, 0.2) is 0 Å². The van der Waals surface area contributed by atoms with E-state index in [0.717, 1.165) is 30.5 Å². The van der Waals surface area contributed by atoms with Crippen LogP contribution in [0.3, 0.4) is 0 Å². The third kappa shape index (κ3) is 3.69. The van der Waals surface area contributed by atoms with Gasteiger partial charge in [0, 0.05) is 18.3 Å². The highest BCUT2D eigenvalue weighted by Crippen LogP contribution is 2.29. The molecule has 2 unspecified atom stereocenters. The van der Waals surface area contributed by atoms with E-state index < -0.39 is 6.04 Å². The lowest BCUT2D eigenvalue weighted by Crippen LogP contribution is -2.46. The fourth-order valence-electron chi connectivity index (χ4n) is 3.14. The Morgan fingerprint density at radius 2 is 2.12 bits per heavy atom. The predicted molar refractivity (Wildman–Crippen MR) is 95.4 cm³/mol. The van der Waals surface area contributed by atoms with Crippen LogP contribution in [-0.2, 0) is 18.3 Å². The maximum Gasteiger partial charge on any atom is 0.253 e. The van der Waals surface area contributed by atoms with Gasteiger partial charge >= 0.3 is 0 Å². The molecule has 0 spiro atoms. The van der Waals surface area contributed by atoms with Crippen molar-refractivity contribution in [3.63, 3.8) is 0 Å². The van der Waals surface area contributed by atoms with E-state index in [9.17, 15) is 9.59 Å². The van der Waals surface area contributed by atoms with Gasteiger partial charge in [-0.2, -0.15) is 5.10 Å². The van der Waals surface area contributed by atoms with E-state index in [1.165, 1.54) is 0 Å². The van der Waals surface area contributed by atoms with E-state index in [0.29, 0.717) is 10.6 Å². The van der Waals surface area contributed by atoms with Crippen molar-refractivity contribution in [1.82, 2.24) is 20.4 Å². The minimum absolute atomic E-state index is 0.0652. The molecule has 2 amide bonds. The number of benzene rings is 1. The number of amides is 2. The second kappa shape index (κ2) is 7.27. The lowest BCUT2D eigenvalue weighted by Gasteiger charge is -2.25. The van der Waals surface area contributed by atoms with Crippen molar-refractivity contribution in [1.29, 1.82) is 0 Å². The number of fused-ring (bicyclic) bond motifs is 1. The van der Waals surface area contributed by atoms with Gasteiger partial charge in [0.05, 0.1) is 22.8 Å². The molecule has 2 N–H and O–H groups in total. The van der Waals surface area contributed by atoms with E-state index in [2.05, 4.69) is 15.7 Å². The summed E-state index contributed by atoms with van der Waals surface area (Å²) < 4.78 is 1.86. The first kappa shape index (κ1) is 17.5. The van der Waals surface area contributed by atoms with Crippen LogP contribution in [0.1, 0.15) is 47.4 Å². The van der Waals surface area contributed by atoms with Crippen LogP contribution < -0.4 is 10.6 Å². The molecule has 2 atom stereocenters. The van der Waals surface area contributed by atoms with Gasteiger partial charge in [-0.1, -0.05) is 23.7 Å². The second-order valence-electron chi connectivity index (χ2n) is 6.30. The van der Waals surface area contributed by atoms with Crippen molar-refractivity contribution in [2.24, 2.45) is 7.05 Å². The molecule has 1 aliphatic carbocycles. The number of rotatable bonds is 4. The van der Waals surface area contributed by atoms with Gasteiger partial charge < -0.3 is 10.6 Å². The van der Waals surface area contributed by atoms with E-state index in [1.807, 2.05) is 17.9 Å². The first-order chi connectivity index (χ1) is 12.0. The summed E-state index contributed by atoms with van der Waals surface area (Å²) in [4.78, 5) is 24.8. The smallest absolute Gasteiger partial charge is 0.253 e. The Morgan fingerprint density at radius 3 is 2.88 bits per heavy atom. The number of aromatic nitrogens is 2. The van der Waals surface area contributed by atoms with Crippen LogP contribution in [0.15, 0.2) is 30.5 Å². The second-order valence-corrected chi connectivity index (χ2v) is 6.71. The van der Waals surface area contributed by atoms with Crippen LogP contribution in [0.4, 0.5) is 0 Å². The number of hydrogen-bond acceptors (Lipinski definition) is 3. The Hall–Kier alpha value is -2.34. The van der Waals surface area contributed by atoms with Gasteiger partial charge in [0.25, 0.3) is 5.91 Å². The Balaban J connectivity index is 1.64. The third-order valence-electron chi connectivity index (χ3n) is 4.55. The molecule has 1 aliphatic rings. The SMILES string of the molecule is CC(NC(=O)c1ccccc1Cl)C(=O)NC1CCCc2c1cnn2C. The zero-order valence-corrected chi connectivity index (χ0v) is 15.0. The fraction of sp³-hybridized carbons (Fsp3) is 0.389. The molecule has 0 radical (unpaired) electrons. The zero-order chi connectivity index (χ0) is 18.0. The molecule has 25 heavy (non-hydrogen) atoms. The number of halogens is 1. The minimum Gasteiger partial charge on any atom is -0.347 e.